The van der Waals surface area contributed by atoms with Gasteiger partial charge < -0.3 is 5.32 Å². The van der Waals surface area contributed by atoms with Crippen molar-refractivity contribution in [2.45, 2.75) is 49.0 Å². The van der Waals surface area contributed by atoms with Gasteiger partial charge in [-0.25, -0.2) is 4.68 Å². The van der Waals surface area contributed by atoms with Crippen LogP contribution in [-0.4, -0.2) is 37.1 Å². The number of rotatable bonds is 9. The Morgan fingerprint density at radius 3 is 2.85 bits per heavy atom. The molecular weight excluding hydrogens is 368 g/mol. The van der Waals surface area contributed by atoms with E-state index in [4.69, 9.17) is 5.26 Å². The first-order valence-electron chi connectivity index (χ1n) is 8.31. The zero-order valence-electron chi connectivity index (χ0n) is 15.0. The molecule has 1 heterocycles. The number of amides is 1. The molecule has 1 aromatic carbocycles. The Morgan fingerprint density at radius 2 is 2.12 bits per heavy atom. The summed E-state index contributed by atoms with van der Waals surface area (Å²) < 4.78 is 1.72. The first-order valence-corrected chi connectivity index (χ1v) is 10.2. The normalized spacial score (nSPS) is 12.0. The fraction of sp³-hybridized carbons (Fsp3) is 0.471. The van der Waals surface area contributed by atoms with Crippen LogP contribution in [0.1, 0.15) is 27.2 Å². The standard InChI is InChI=1S/C17H22N6OS2/c1-12(2)10-23-17(20-21-22-23)25-11-16(24)19-14-6-4-5-7-15(14)26-13(3)8-9-18/h4-7,12-13H,8,10-11H2,1-3H3,(H,19,24)/t13-/m1/s1. The van der Waals surface area contributed by atoms with E-state index in [-0.39, 0.29) is 16.9 Å². The van der Waals surface area contributed by atoms with E-state index in [2.05, 4.69) is 40.8 Å². The van der Waals surface area contributed by atoms with E-state index in [0.29, 0.717) is 24.0 Å². The summed E-state index contributed by atoms with van der Waals surface area (Å²) in [5.41, 5.74) is 0.759. The minimum atomic E-state index is -0.116. The van der Waals surface area contributed by atoms with Gasteiger partial charge in [0.2, 0.25) is 11.1 Å². The number of carbonyl (C=O) groups is 1. The SMILES string of the molecule is CC(C)Cn1nnnc1SCC(=O)Nc1ccccc1S[C@H](C)CC#N. The molecular formula is C17H22N6OS2. The summed E-state index contributed by atoms with van der Waals surface area (Å²) in [5.74, 6) is 0.534. The highest BCUT2D eigenvalue weighted by molar-refractivity contribution is 8.00. The molecule has 0 fully saturated rings. The van der Waals surface area contributed by atoms with Crippen molar-refractivity contribution in [3.05, 3.63) is 24.3 Å². The van der Waals surface area contributed by atoms with Crippen LogP contribution in [0.5, 0.6) is 0 Å². The molecule has 1 atom stereocenters. The molecule has 138 valence electrons. The molecule has 7 nitrogen and oxygen atoms in total. The number of anilines is 1. The molecule has 0 aliphatic carbocycles. The highest BCUT2D eigenvalue weighted by Crippen LogP contribution is 2.31. The number of tetrazole rings is 1. The van der Waals surface area contributed by atoms with Crippen LogP contribution < -0.4 is 5.32 Å². The van der Waals surface area contributed by atoms with Gasteiger partial charge in [0.05, 0.1) is 17.5 Å². The molecule has 2 aromatic rings. The van der Waals surface area contributed by atoms with Crippen molar-refractivity contribution in [2.24, 2.45) is 5.92 Å². The van der Waals surface area contributed by atoms with Crippen molar-refractivity contribution < 1.29 is 4.79 Å². The Kier molecular flexibility index (Phi) is 7.94. The lowest BCUT2D eigenvalue weighted by atomic mass is 10.2. The second-order valence-electron chi connectivity index (χ2n) is 6.16. The molecule has 0 saturated carbocycles. The molecule has 0 aliphatic heterocycles. The fourth-order valence-corrected chi connectivity index (χ4v) is 3.82. The maximum Gasteiger partial charge on any atom is 0.234 e. The van der Waals surface area contributed by atoms with E-state index in [1.54, 1.807) is 16.4 Å². The Morgan fingerprint density at radius 1 is 1.35 bits per heavy atom. The van der Waals surface area contributed by atoms with Gasteiger partial charge in [-0.1, -0.05) is 44.7 Å². The van der Waals surface area contributed by atoms with Crippen LogP contribution in [-0.2, 0) is 11.3 Å². The van der Waals surface area contributed by atoms with Crippen molar-refractivity contribution in [1.29, 1.82) is 5.26 Å². The molecule has 0 spiro atoms. The zero-order chi connectivity index (χ0) is 18.9. The van der Waals surface area contributed by atoms with Gasteiger partial charge in [-0.15, -0.1) is 16.9 Å². The highest BCUT2D eigenvalue weighted by atomic mass is 32.2. The van der Waals surface area contributed by atoms with Crippen molar-refractivity contribution in [1.82, 2.24) is 20.2 Å². The van der Waals surface area contributed by atoms with Crippen LogP contribution in [0.4, 0.5) is 5.69 Å². The number of para-hydroxylation sites is 1. The number of aromatic nitrogens is 4. The number of benzene rings is 1. The summed E-state index contributed by atoms with van der Waals surface area (Å²) >= 11 is 2.90. The number of nitrogens with zero attached hydrogens (tertiary/aromatic N) is 5. The Bertz CT molecular complexity index is 771. The lowest BCUT2D eigenvalue weighted by Crippen LogP contribution is -2.16. The van der Waals surface area contributed by atoms with Gasteiger partial charge in [-0.3, -0.25) is 4.79 Å². The van der Waals surface area contributed by atoms with Gasteiger partial charge in [-0.05, 0) is 28.5 Å². The molecule has 2 rings (SSSR count). The Balaban J connectivity index is 1.94. The minimum Gasteiger partial charge on any atom is -0.324 e. The first-order chi connectivity index (χ1) is 12.5. The van der Waals surface area contributed by atoms with Gasteiger partial charge >= 0.3 is 0 Å². The molecule has 0 radical (unpaired) electrons. The predicted molar refractivity (Wildman–Crippen MR) is 104 cm³/mol. The Hall–Kier alpha value is -2.05. The lowest BCUT2D eigenvalue weighted by molar-refractivity contribution is -0.113. The van der Waals surface area contributed by atoms with Crippen LogP contribution in [0.25, 0.3) is 0 Å². The quantitative estimate of drug-likeness (QED) is 0.655. The Labute approximate surface area is 161 Å². The fourth-order valence-electron chi connectivity index (χ4n) is 2.14. The maximum absolute atomic E-state index is 12.3. The first kappa shape index (κ1) is 20.3. The summed E-state index contributed by atoms with van der Waals surface area (Å²) in [6.07, 6.45) is 0.460. The number of hydrogen-bond acceptors (Lipinski definition) is 7. The van der Waals surface area contributed by atoms with E-state index in [1.807, 2.05) is 31.2 Å². The maximum atomic E-state index is 12.3. The molecule has 0 bridgehead atoms. The number of thioether (sulfide) groups is 2. The van der Waals surface area contributed by atoms with Gasteiger partial charge in [0.1, 0.15) is 0 Å². The third kappa shape index (κ3) is 6.35. The third-order valence-electron chi connectivity index (χ3n) is 3.24. The van der Waals surface area contributed by atoms with Crippen molar-refractivity contribution >= 4 is 35.1 Å². The van der Waals surface area contributed by atoms with Gasteiger partial charge in [0, 0.05) is 23.1 Å². The molecule has 26 heavy (non-hydrogen) atoms. The van der Waals surface area contributed by atoms with E-state index in [9.17, 15) is 4.79 Å². The number of hydrogen-bond donors (Lipinski definition) is 1. The zero-order valence-corrected chi connectivity index (χ0v) is 16.7. The van der Waals surface area contributed by atoms with Crippen LogP contribution in [0.2, 0.25) is 0 Å². The monoisotopic (exact) mass is 390 g/mol. The predicted octanol–water partition coefficient (Wildman–Crippen LogP) is 3.45. The largest absolute Gasteiger partial charge is 0.324 e. The number of carbonyl (C=O) groups excluding carboxylic acids is 1. The van der Waals surface area contributed by atoms with Gasteiger partial charge in [0.25, 0.3) is 0 Å². The average molecular weight is 391 g/mol. The molecule has 0 saturated heterocycles. The van der Waals surface area contributed by atoms with Crippen LogP contribution in [0.3, 0.4) is 0 Å². The van der Waals surface area contributed by atoms with Crippen molar-refractivity contribution in [3.8, 4) is 6.07 Å². The van der Waals surface area contributed by atoms with Crippen LogP contribution in [0, 0.1) is 17.2 Å². The molecule has 1 amide bonds. The molecule has 9 heteroatoms. The van der Waals surface area contributed by atoms with E-state index in [1.165, 1.54) is 11.8 Å². The average Bonchev–Trinajstić information content (AvgIpc) is 3.01. The number of nitriles is 1. The molecule has 0 aliphatic rings. The summed E-state index contributed by atoms with van der Waals surface area (Å²) in [5, 5.41) is 24.2. The highest BCUT2D eigenvalue weighted by Gasteiger charge is 2.13. The summed E-state index contributed by atoms with van der Waals surface area (Å²) in [6, 6.07) is 9.79. The van der Waals surface area contributed by atoms with Crippen molar-refractivity contribution in [2.75, 3.05) is 11.1 Å². The van der Waals surface area contributed by atoms with E-state index >= 15 is 0 Å². The van der Waals surface area contributed by atoms with Crippen LogP contribution in [0.15, 0.2) is 34.3 Å². The van der Waals surface area contributed by atoms with Gasteiger partial charge in [0.15, 0.2) is 0 Å². The topological polar surface area (TPSA) is 96.5 Å². The molecule has 0 unspecified atom stereocenters. The third-order valence-corrected chi connectivity index (χ3v) is 5.37. The van der Waals surface area contributed by atoms with E-state index in [0.717, 1.165) is 10.6 Å². The second kappa shape index (κ2) is 10.2. The minimum absolute atomic E-state index is 0.116. The van der Waals surface area contributed by atoms with Gasteiger partial charge in [-0.2, -0.15) is 5.26 Å². The van der Waals surface area contributed by atoms with Crippen molar-refractivity contribution in [3.63, 3.8) is 0 Å². The van der Waals surface area contributed by atoms with E-state index < -0.39 is 0 Å². The summed E-state index contributed by atoms with van der Waals surface area (Å²) in [6.45, 7) is 6.89. The second-order valence-corrected chi connectivity index (χ2v) is 8.58. The summed E-state index contributed by atoms with van der Waals surface area (Å²) in [4.78, 5) is 13.3. The molecule has 1 N–H and O–H groups in total. The number of nitrogens with one attached hydrogen (secondary N) is 1. The lowest BCUT2D eigenvalue weighted by Gasteiger charge is -2.13. The smallest absolute Gasteiger partial charge is 0.234 e. The molecule has 1 aromatic heterocycles. The van der Waals surface area contributed by atoms with Crippen LogP contribution >= 0.6 is 23.5 Å². The summed E-state index contributed by atoms with van der Waals surface area (Å²) in [7, 11) is 0.